The molecule has 0 saturated carbocycles. The lowest BCUT2D eigenvalue weighted by atomic mass is 10.1. The first-order valence-corrected chi connectivity index (χ1v) is 7.46. The van der Waals surface area contributed by atoms with Gasteiger partial charge in [-0.15, -0.1) is 0 Å². The zero-order valence-corrected chi connectivity index (χ0v) is 12.8. The van der Waals surface area contributed by atoms with Gasteiger partial charge in [-0.1, -0.05) is 37.3 Å². The molecule has 2 rings (SSSR count). The van der Waals surface area contributed by atoms with Crippen LogP contribution in [0, 0.1) is 0 Å². The first-order valence-electron chi connectivity index (χ1n) is 7.46. The summed E-state index contributed by atoms with van der Waals surface area (Å²) >= 11 is 0. The predicted octanol–water partition coefficient (Wildman–Crippen LogP) is 3.77. The minimum Gasteiger partial charge on any atom is -0.494 e. The van der Waals surface area contributed by atoms with Crippen molar-refractivity contribution in [3.8, 4) is 11.5 Å². The highest BCUT2D eigenvalue weighted by molar-refractivity contribution is 5.33. The monoisotopic (exact) mass is 285 g/mol. The normalized spacial score (nSPS) is 10.4. The van der Waals surface area contributed by atoms with Gasteiger partial charge >= 0.3 is 0 Å². The first-order chi connectivity index (χ1) is 10.3. The average molecular weight is 285 g/mol. The van der Waals surface area contributed by atoms with Crippen molar-refractivity contribution in [2.75, 3.05) is 13.2 Å². The molecular formula is C18H23NO2. The molecule has 112 valence electrons. The minimum absolute atomic E-state index is 0.567. The fraction of sp³-hybridized carbons (Fsp3) is 0.333. The van der Waals surface area contributed by atoms with E-state index in [0.717, 1.165) is 30.2 Å². The molecule has 0 unspecified atom stereocenters. The van der Waals surface area contributed by atoms with Gasteiger partial charge in [-0.05, 0) is 36.7 Å². The largest absolute Gasteiger partial charge is 0.494 e. The molecule has 0 radical (unpaired) electrons. The number of nitrogens with one attached hydrogen (secondary N) is 1. The van der Waals surface area contributed by atoms with E-state index in [1.54, 1.807) is 0 Å². The Morgan fingerprint density at radius 1 is 0.857 bits per heavy atom. The SMILES string of the molecule is CCNCc1ccc(COc2cccc(OCC)c2)cc1. The molecule has 2 aromatic rings. The van der Waals surface area contributed by atoms with Crippen molar-refractivity contribution in [2.24, 2.45) is 0 Å². The summed E-state index contributed by atoms with van der Waals surface area (Å²) in [5.74, 6) is 1.67. The second-order valence-electron chi connectivity index (χ2n) is 4.79. The van der Waals surface area contributed by atoms with Gasteiger partial charge in [-0.2, -0.15) is 0 Å². The minimum atomic E-state index is 0.567. The number of rotatable bonds is 8. The highest BCUT2D eigenvalue weighted by Crippen LogP contribution is 2.20. The fourth-order valence-electron chi connectivity index (χ4n) is 2.01. The van der Waals surface area contributed by atoms with Crippen LogP contribution in [0.15, 0.2) is 48.5 Å². The Kier molecular flexibility index (Phi) is 6.10. The van der Waals surface area contributed by atoms with E-state index < -0.39 is 0 Å². The lowest BCUT2D eigenvalue weighted by Gasteiger charge is -2.09. The van der Waals surface area contributed by atoms with Gasteiger partial charge in [0.15, 0.2) is 0 Å². The van der Waals surface area contributed by atoms with Crippen molar-refractivity contribution in [3.63, 3.8) is 0 Å². The van der Waals surface area contributed by atoms with Gasteiger partial charge in [-0.3, -0.25) is 0 Å². The van der Waals surface area contributed by atoms with Gasteiger partial charge in [0.25, 0.3) is 0 Å². The first kappa shape index (κ1) is 15.4. The summed E-state index contributed by atoms with van der Waals surface area (Å²) in [5.41, 5.74) is 2.45. The van der Waals surface area contributed by atoms with Crippen LogP contribution in [0.25, 0.3) is 0 Å². The van der Waals surface area contributed by atoms with E-state index in [-0.39, 0.29) is 0 Å². The topological polar surface area (TPSA) is 30.5 Å². The molecule has 3 heteroatoms. The smallest absolute Gasteiger partial charge is 0.123 e. The number of benzene rings is 2. The highest BCUT2D eigenvalue weighted by atomic mass is 16.5. The summed E-state index contributed by atoms with van der Waals surface area (Å²) < 4.78 is 11.3. The van der Waals surface area contributed by atoms with Crippen molar-refractivity contribution < 1.29 is 9.47 Å². The molecule has 0 spiro atoms. The average Bonchev–Trinajstić information content (AvgIpc) is 2.53. The molecule has 1 N–H and O–H groups in total. The third-order valence-electron chi connectivity index (χ3n) is 3.12. The third kappa shape index (κ3) is 5.12. The van der Waals surface area contributed by atoms with Crippen molar-refractivity contribution in [1.29, 1.82) is 0 Å². The number of ether oxygens (including phenoxy) is 2. The van der Waals surface area contributed by atoms with Gasteiger partial charge in [0.05, 0.1) is 6.61 Å². The molecule has 0 fully saturated rings. The Labute approximate surface area is 126 Å². The van der Waals surface area contributed by atoms with Crippen LogP contribution in [0.4, 0.5) is 0 Å². The molecule has 0 aliphatic carbocycles. The summed E-state index contributed by atoms with van der Waals surface area (Å²) in [6.45, 7) is 7.21. The molecule has 0 saturated heterocycles. The predicted molar refractivity (Wildman–Crippen MR) is 85.8 cm³/mol. The van der Waals surface area contributed by atoms with Crippen LogP contribution in [0.1, 0.15) is 25.0 Å². The summed E-state index contributed by atoms with van der Waals surface area (Å²) in [4.78, 5) is 0. The summed E-state index contributed by atoms with van der Waals surface area (Å²) in [6, 6.07) is 16.2. The Balaban J connectivity index is 1.88. The summed E-state index contributed by atoms with van der Waals surface area (Å²) in [7, 11) is 0. The fourth-order valence-corrected chi connectivity index (χ4v) is 2.01. The van der Waals surface area contributed by atoms with Crippen molar-refractivity contribution in [3.05, 3.63) is 59.7 Å². The van der Waals surface area contributed by atoms with E-state index >= 15 is 0 Å². The van der Waals surface area contributed by atoms with Crippen LogP contribution in [-0.2, 0) is 13.2 Å². The Morgan fingerprint density at radius 2 is 1.52 bits per heavy atom. The second kappa shape index (κ2) is 8.32. The standard InChI is InChI=1S/C18H23NO2/c1-3-19-13-15-8-10-16(11-9-15)14-21-18-7-5-6-17(12-18)20-4-2/h5-12,19H,3-4,13-14H2,1-2H3. The van der Waals surface area contributed by atoms with Crippen LogP contribution >= 0.6 is 0 Å². The van der Waals surface area contributed by atoms with Gasteiger partial charge in [-0.25, -0.2) is 0 Å². The molecule has 0 bridgehead atoms. The lowest BCUT2D eigenvalue weighted by Crippen LogP contribution is -2.11. The van der Waals surface area contributed by atoms with Crippen molar-refractivity contribution in [1.82, 2.24) is 5.32 Å². The lowest BCUT2D eigenvalue weighted by molar-refractivity contribution is 0.299. The Hall–Kier alpha value is -2.00. The van der Waals surface area contributed by atoms with Crippen LogP contribution in [-0.4, -0.2) is 13.2 Å². The van der Waals surface area contributed by atoms with E-state index in [9.17, 15) is 0 Å². The Bertz CT molecular complexity index is 537. The maximum Gasteiger partial charge on any atom is 0.123 e. The van der Waals surface area contributed by atoms with Crippen LogP contribution in [0.3, 0.4) is 0 Å². The Morgan fingerprint density at radius 3 is 2.19 bits per heavy atom. The van der Waals surface area contributed by atoms with E-state index in [2.05, 4.69) is 36.5 Å². The number of hydrogen-bond acceptors (Lipinski definition) is 3. The molecule has 0 amide bonds. The van der Waals surface area contributed by atoms with E-state index in [1.165, 1.54) is 5.56 Å². The van der Waals surface area contributed by atoms with Gasteiger partial charge in [0, 0.05) is 12.6 Å². The molecule has 0 atom stereocenters. The van der Waals surface area contributed by atoms with Gasteiger partial charge < -0.3 is 14.8 Å². The van der Waals surface area contributed by atoms with Crippen LogP contribution < -0.4 is 14.8 Å². The maximum absolute atomic E-state index is 5.80. The third-order valence-corrected chi connectivity index (χ3v) is 3.12. The van der Waals surface area contributed by atoms with Crippen molar-refractivity contribution >= 4 is 0 Å². The quantitative estimate of drug-likeness (QED) is 0.801. The molecule has 0 aromatic heterocycles. The zero-order chi connectivity index (χ0) is 14.9. The molecule has 2 aromatic carbocycles. The van der Waals surface area contributed by atoms with E-state index in [0.29, 0.717) is 13.2 Å². The summed E-state index contributed by atoms with van der Waals surface area (Å²) in [5, 5.41) is 3.31. The van der Waals surface area contributed by atoms with E-state index in [4.69, 9.17) is 9.47 Å². The van der Waals surface area contributed by atoms with Crippen molar-refractivity contribution in [2.45, 2.75) is 27.0 Å². The molecule has 0 aliphatic rings. The highest BCUT2D eigenvalue weighted by Gasteiger charge is 1.99. The van der Waals surface area contributed by atoms with Gasteiger partial charge in [0.1, 0.15) is 18.1 Å². The summed E-state index contributed by atoms with van der Waals surface area (Å²) in [6.07, 6.45) is 0. The molecule has 0 heterocycles. The molecule has 3 nitrogen and oxygen atoms in total. The van der Waals surface area contributed by atoms with Gasteiger partial charge in [0.2, 0.25) is 0 Å². The van der Waals surface area contributed by atoms with Crippen LogP contribution in [0.5, 0.6) is 11.5 Å². The second-order valence-corrected chi connectivity index (χ2v) is 4.79. The molecular weight excluding hydrogens is 262 g/mol. The van der Waals surface area contributed by atoms with Crippen LogP contribution in [0.2, 0.25) is 0 Å². The molecule has 0 aliphatic heterocycles. The maximum atomic E-state index is 5.80. The van der Waals surface area contributed by atoms with E-state index in [1.807, 2.05) is 31.2 Å². The number of hydrogen-bond donors (Lipinski definition) is 1. The molecule has 21 heavy (non-hydrogen) atoms. The zero-order valence-electron chi connectivity index (χ0n) is 12.8.